The molecule has 1 aromatic carbocycles. The number of carboxylic acid groups (broad SMARTS) is 1. The molecule has 0 aromatic heterocycles. The summed E-state index contributed by atoms with van der Waals surface area (Å²) in [7, 11) is 0. The fourth-order valence-electron chi connectivity index (χ4n) is 3.54. The molecule has 4 N–H and O–H groups in total. The normalized spacial score (nSPS) is 27.0. The highest BCUT2D eigenvalue weighted by molar-refractivity contribution is 5.97. The van der Waals surface area contributed by atoms with E-state index in [2.05, 4.69) is 16.2 Å². The molecule has 154 valence electrons. The maximum atomic E-state index is 12.6. The third-order valence-corrected chi connectivity index (χ3v) is 5.14. The number of aliphatic carboxylic acids is 1. The summed E-state index contributed by atoms with van der Waals surface area (Å²) in [6.07, 6.45) is 2.64. The molecule has 2 bridgehead atoms. The zero-order valence-corrected chi connectivity index (χ0v) is 16.3. The second-order valence-corrected chi connectivity index (χ2v) is 7.63. The molecular formula is C20H23N3O6. The van der Waals surface area contributed by atoms with Gasteiger partial charge in [-0.15, -0.1) is 0 Å². The number of carbonyl (C=O) groups is 4. The van der Waals surface area contributed by atoms with E-state index in [1.807, 2.05) is 0 Å². The monoisotopic (exact) mass is 401 g/mol. The number of hydrogen-bond acceptors (Lipinski definition) is 5. The first-order valence-corrected chi connectivity index (χ1v) is 9.23. The second kappa shape index (κ2) is 7.67. The molecule has 0 aliphatic carbocycles. The minimum absolute atomic E-state index is 0.141. The summed E-state index contributed by atoms with van der Waals surface area (Å²) < 4.78 is 5.62. The molecule has 0 unspecified atom stereocenters. The van der Waals surface area contributed by atoms with Crippen molar-refractivity contribution in [2.45, 2.75) is 32.5 Å². The van der Waals surface area contributed by atoms with E-state index < -0.39 is 41.3 Å². The number of fused-ring (bicyclic) bond motifs is 2. The number of amides is 3. The smallest absolute Gasteiger partial charge is 0.310 e. The van der Waals surface area contributed by atoms with Crippen molar-refractivity contribution in [1.29, 1.82) is 0 Å². The maximum Gasteiger partial charge on any atom is 0.310 e. The quantitative estimate of drug-likeness (QED) is 0.431. The minimum atomic E-state index is -1.13. The summed E-state index contributed by atoms with van der Waals surface area (Å²) in [5.41, 5.74) is 4.37. The molecule has 9 nitrogen and oxygen atoms in total. The number of benzene rings is 1. The Balaban J connectivity index is 1.60. The molecule has 0 radical (unpaired) electrons. The minimum Gasteiger partial charge on any atom is -0.481 e. The van der Waals surface area contributed by atoms with Gasteiger partial charge in [0.2, 0.25) is 11.8 Å². The lowest BCUT2D eigenvalue weighted by atomic mass is 9.76. The van der Waals surface area contributed by atoms with Crippen LogP contribution in [0, 0.1) is 17.8 Å². The zero-order valence-electron chi connectivity index (χ0n) is 16.3. The van der Waals surface area contributed by atoms with Crippen molar-refractivity contribution in [1.82, 2.24) is 10.9 Å². The van der Waals surface area contributed by atoms with Crippen LogP contribution in [0.5, 0.6) is 0 Å². The van der Waals surface area contributed by atoms with E-state index in [9.17, 15) is 24.3 Å². The Morgan fingerprint density at radius 2 is 1.76 bits per heavy atom. The number of anilines is 1. The molecule has 0 spiro atoms. The summed E-state index contributed by atoms with van der Waals surface area (Å²) in [5.74, 6) is -4.65. The molecule has 1 aromatic rings. The van der Waals surface area contributed by atoms with Crippen LogP contribution in [0.15, 0.2) is 36.4 Å². The van der Waals surface area contributed by atoms with Crippen LogP contribution in [0.4, 0.5) is 5.69 Å². The fourth-order valence-corrected chi connectivity index (χ4v) is 3.54. The number of rotatable bonds is 5. The number of hydrogen-bond donors (Lipinski definition) is 4. The Hall–Kier alpha value is -3.20. The standard InChI is InChI=1S/C20H23N3O6/c1-10(2)16(24)21-12-6-4-11(5-7-12)17(25)22-23-18(26)15-14(19(27)28)13-8-9-20(15,3)29-13/h4-10,13-15H,1-3H3,(H,21,24)(H,22,25)(H,23,26)(H,27,28)/t13-,14+,15-,20-/m1/s1. The molecule has 3 rings (SSSR count). The van der Waals surface area contributed by atoms with Gasteiger partial charge in [0.1, 0.15) is 5.92 Å². The molecule has 3 amide bonds. The summed E-state index contributed by atoms with van der Waals surface area (Å²) in [6.45, 7) is 5.18. The van der Waals surface area contributed by atoms with E-state index in [1.165, 1.54) is 12.1 Å². The van der Waals surface area contributed by atoms with Crippen LogP contribution in [0.2, 0.25) is 0 Å². The highest BCUT2D eigenvalue weighted by Gasteiger charge is 2.59. The van der Waals surface area contributed by atoms with Crippen LogP contribution in [0.25, 0.3) is 0 Å². The molecular weight excluding hydrogens is 378 g/mol. The predicted octanol–water partition coefficient (Wildman–Crippen LogP) is 1.09. The molecule has 1 fully saturated rings. The number of ether oxygens (including phenoxy) is 1. The summed E-state index contributed by atoms with van der Waals surface area (Å²) >= 11 is 0. The van der Waals surface area contributed by atoms with E-state index in [0.29, 0.717) is 5.69 Å². The summed E-state index contributed by atoms with van der Waals surface area (Å²) in [5, 5.41) is 12.1. The molecule has 4 atom stereocenters. The topological polar surface area (TPSA) is 134 Å². The lowest BCUT2D eigenvalue weighted by Gasteiger charge is -2.27. The highest BCUT2D eigenvalue weighted by Crippen LogP contribution is 2.46. The maximum absolute atomic E-state index is 12.6. The summed E-state index contributed by atoms with van der Waals surface area (Å²) in [4.78, 5) is 48.1. The Morgan fingerprint density at radius 3 is 2.34 bits per heavy atom. The van der Waals surface area contributed by atoms with Crippen molar-refractivity contribution < 1.29 is 29.0 Å². The third kappa shape index (κ3) is 4.00. The van der Waals surface area contributed by atoms with E-state index in [1.54, 1.807) is 45.1 Å². The number of hydrazine groups is 1. The number of carboxylic acids is 1. The number of nitrogens with one attached hydrogen (secondary N) is 3. The van der Waals surface area contributed by atoms with Gasteiger partial charge in [-0.25, -0.2) is 0 Å². The SMILES string of the molecule is CC(C)C(=O)Nc1ccc(C(=O)NNC(=O)[C@H]2[C@@H](C(=O)O)[C@H]3C=C[C@@]2(C)O3)cc1. The van der Waals surface area contributed by atoms with Gasteiger partial charge in [-0.1, -0.05) is 26.0 Å². The Labute approximate surface area is 167 Å². The van der Waals surface area contributed by atoms with Crippen LogP contribution in [0.1, 0.15) is 31.1 Å². The molecule has 29 heavy (non-hydrogen) atoms. The molecule has 2 heterocycles. The van der Waals surface area contributed by atoms with Crippen LogP contribution in [0.3, 0.4) is 0 Å². The molecule has 0 saturated carbocycles. The average Bonchev–Trinajstić information content (AvgIpc) is 3.19. The van der Waals surface area contributed by atoms with E-state index in [0.717, 1.165) is 0 Å². The van der Waals surface area contributed by atoms with Crippen LogP contribution < -0.4 is 16.2 Å². The van der Waals surface area contributed by atoms with Gasteiger partial charge < -0.3 is 15.2 Å². The third-order valence-electron chi connectivity index (χ3n) is 5.14. The van der Waals surface area contributed by atoms with Crippen molar-refractivity contribution in [2.75, 3.05) is 5.32 Å². The van der Waals surface area contributed by atoms with Gasteiger partial charge in [-0.3, -0.25) is 30.0 Å². The average molecular weight is 401 g/mol. The fraction of sp³-hybridized carbons (Fsp3) is 0.400. The van der Waals surface area contributed by atoms with Gasteiger partial charge in [0.05, 0.1) is 17.6 Å². The van der Waals surface area contributed by atoms with E-state index in [4.69, 9.17) is 4.74 Å². The Bertz CT molecular complexity index is 879. The lowest BCUT2D eigenvalue weighted by molar-refractivity contribution is -0.147. The summed E-state index contributed by atoms with van der Waals surface area (Å²) in [6, 6.07) is 6.16. The van der Waals surface area contributed by atoms with Crippen LogP contribution in [-0.4, -0.2) is 40.5 Å². The Morgan fingerprint density at radius 1 is 1.10 bits per heavy atom. The van der Waals surface area contributed by atoms with Crippen molar-refractivity contribution in [3.05, 3.63) is 42.0 Å². The van der Waals surface area contributed by atoms with Crippen molar-refractivity contribution >= 4 is 29.4 Å². The van der Waals surface area contributed by atoms with Crippen molar-refractivity contribution in [3.63, 3.8) is 0 Å². The van der Waals surface area contributed by atoms with Gasteiger partial charge in [0, 0.05) is 17.2 Å². The van der Waals surface area contributed by atoms with Gasteiger partial charge in [0.25, 0.3) is 5.91 Å². The van der Waals surface area contributed by atoms with Crippen molar-refractivity contribution in [2.24, 2.45) is 17.8 Å². The molecule has 9 heteroatoms. The van der Waals surface area contributed by atoms with Crippen LogP contribution >= 0.6 is 0 Å². The van der Waals surface area contributed by atoms with E-state index in [-0.39, 0.29) is 17.4 Å². The molecule has 1 saturated heterocycles. The van der Waals surface area contributed by atoms with Crippen LogP contribution in [-0.2, 0) is 19.1 Å². The predicted molar refractivity (Wildman–Crippen MR) is 103 cm³/mol. The molecule has 2 aliphatic heterocycles. The van der Waals surface area contributed by atoms with Gasteiger partial charge in [-0.2, -0.15) is 0 Å². The first kappa shape index (κ1) is 20.5. The zero-order chi connectivity index (χ0) is 21.3. The Kier molecular flexibility index (Phi) is 5.43. The molecule has 2 aliphatic rings. The van der Waals surface area contributed by atoms with Gasteiger partial charge >= 0.3 is 5.97 Å². The second-order valence-electron chi connectivity index (χ2n) is 7.63. The first-order valence-electron chi connectivity index (χ1n) is 9.23. The van der Waals surface area contributed by atoms with Gasteiger partial charge in [-0.05, 0) is 31.2 Å². The lowest BCUT2D eigenvalue weighted by Crippen LogP contribution is -2.52. The number of carbonyl (C=O) groups excluding carboxylic acids is 3. The van der Waals surface area contributed by atoms with Crippen molar-refractivity contribution in [3.8, 4) is 0 Å². The highest BCUT2D eigenvalue weighted by atomic mass is 16.5. The largest absolute Gasteiger partial charge is 0.481 e. The van der Waals surface area contributed by atoms with Gasteiger partial charge in [0.15, 0.2) is 0 Å². The van der Waals surface area contributed by atoms with E-state index >= 15 is 0 Å². The first-order chi connectivity index (χ1) is 13.6.